The van der Waals surface area contributed by atoms with Gasteiger partial charge in [0.2, 0.25) is 5.13 Å². The van der Waals surface area contributed by atoms with Crippen molar-refractivity contribution in [1.29, 1.82) is 0 Å². The Morgan fingerprint density at radius 3 is 2.58 bits per heavy atom. The summed E-state index contributed by atoms with van der Waals surface area (Å²) in [5, 5.41) is 20.5. The van der Waals surface area contributed by atoms with Crippen LogP contribution in [0.1, 0.15) is 12.0 Å². The Balaban J connectivity index is 0.000000278. The number of thiophene rings is 1. The van der Waals surface area contributed by atoms with Gasteiger partial charge in [-0.3, -0.25) is 0 Å². The van der Waals surface area contributed by atoms with Gasteiger partial charge in [0.25, 0.3) is 0 Å². The molecule has 3 heterocycles. The third kappa shape index (κ3) is 4.84. The second-order valence-corrected chi connectivity index (χ2v) is 7.47. The highest BCUT2D eigenvalue weighted by molar-refractivity contribution is 7.14. The van der Waals surface area contributed by atoms with E-state index in [4.69, 9.17) is 0 Å². The van der Waals surface area contributed by atoms with Crippen molar-refractivity contribution in [2.45, 2.75) is 13.0 Å². The molecule has 1 aliphatic heterocycles. The van der Waals surface area contributed by atoms with Gasteiger partial charge in [0, 0.05) is 27.9 Å². The molecule has 1 saturated heterocycles. The number of benzene rings is 1. The molecule has 1 aliphatic rings. The number of nitrogens with one attached hydrogen (secondary N) is 2. The zero-order valence-electron chi connectivity index (χ0n) is 14.4. The van der Waals surface area contributed by atoms with E-state index in [1.165, 1.54) is 30.8 Å². The zero-order chi connectivity index (χ0) is 18.2. The molecule has 1 aromatic carbocycles. The Morgan fingerprint density at radius 2 is 1.96 bits per heavy atom. The predicted octanol–water partition coefficient (Wildman–Crippen LogP) is 3.89. The first-order chi connectivity index (χ1) is 12.8. The number of hydrogen-bond acceptors (Lipinski definition) is 7. The van der Waals surface area contributed by atoms with Crippen LogP contribution in [0.2, 0.25) is 0 Å². The molecule has 1 fully saturated rings. The molecular formula is C19H22N4OS2. The van der Waals surface area contributed by atoms with Gasteiger partial charge in [0.05, 0.1) is 12.3 Å². The smallest absolute Gasteiger partial charge is 0.209 e. The van der Waals surface area contributed by atoms with E-state index in [0.29, 0.717) is 5.13 Å². The number of aliphatic hydroxyl groups is 1. The third-order valence-electron chi connectivity index (χ3n) is 3.93. The van der Waals surface area contributed by atoms with Crippen LogP contribution in [-0.2, 0) is 6.61 Å². The van der Waals surface area contributed by atoms with Crippen molar-refractivity contribution in [1.82, 2.24) is 15.6 Å². The molecule has 0 unspecified atom stereocenters. The van der Waals surface area contributed by atoms with Crippen LogP contribution < -0.4 is 10.6 Å². The van der Waals surface area contributed by atoms with Gasteiger partial charge in [-0.2, -0.15) is 0 Å². The topological polar surface area (TPSA) is 69.5 Å². The molecule has 7 heteroatoms. The van der Waals surface area contributed by atoms with Crippen LogP contribution in [0, 0.1) is 0 Å². The highest BCUT2D eigenvalue weighted by Crippen LogP contribution is 2.35. The Morgan fingerprint density at radius 1 is 1.15 bits per heavy atom. The molecule has 0 saturated carbocycles. The highest BCUT2D eigenvalue weighted by Gasteiger charge is 2.10. The molecule has 0 bridgehead atoms. The lowest BCUT2D eigenvalue weighted by Crippen LogP contribution is -2.37. The van der Waals surface area contributed by atoms with Crippen LogP contribution in [0.4, 0.5) is 5.13 Å². The van der Waals surface area contributed by atoms with Gasteiger partial charge in [-0.05, 0) is 43.4 Å². The number of aromatic nitrogens is 1. The molecule has 0 atom stereocenters. The lowest BCUT2D eigenvalue weighted by Gasteiger charge is -2.11. The summed E-state index contributed by atoms with van der Waals surface area (Å²) in [6.07, 6.45) is 1.28. The molecule has 2 aromatic heterocycles. The molecule has 136 valence electrons. The van der Waals surface area contributed by atoms with E-state index in [-0.39, 0.29) is 6.61 Å². The van der Waals surface area contributed by atoms with E-state index < -0.39 is 0 Å². The van der Waals surface area contributed by atoms with Gasteiger partial charge in [0.1, 0.15) is 0 Å². The van der Waals surface area contributed by atoms with Crippen LogP contribution in [0.25, 0.3) is 21.7 Å². The first-order valence-corrected chi connectivity index (χ1v) is 10.2. The van der Waals surface area contributed by atoms with Crippen LogP contribution >= 0.6 is 22.7 Å². The van der Waals surface area contributed by atoms with Crippen LogP contribution in [-0.4, -0.2) is 36.6 Å². The van der Waals surface area contributed by atoms with Gasteiger partial charge >= 0.3 is 0 Å². The van der Waals surface area contributed by atoms with Gasteiger partial charge in [-0.25, -0.2) is 9.98 Å². The minimum absolute atomic E-state index is 0.0463. The molecule has 0 spiro atoms. The van der Waals surface area contributed by atoms with E-state index in [9.17, 15) is 5.11 Å². The van der Waals surface area contributed by atoms with Gasteiger partial charge in [-0.15, -0.1) is 22.7 Å². The van der Waals surface area contributed by atoms with Gasteiger partial charge in [0.15, 0.2) is 0 Å². The van der Waals surface area contributed by atoms with Crippen LogP contribution in [0.15, 0.2) is 46.1 Å². The van der Waals surface area contributed by atoms with Gasteiger partial charge in [-0.1, -0.05) is 24.3 Å². The average Bonchev–Trinajstić information content (AvgIpc) is 3.39. The molecule has 26 heavy (non-hydrogen) atoms. The molecular weight excluding hydrogens is 364 g/mol. The van der Waals surface area contributed by atoms with Crippen molar-refractivity contribution < 1.29 is 5.11 Å². The zero-order valence-corrected chi connectivity index (χ0v) is 16.1. The molecule has 3 aromatic rings. The van der Waals surface area contributed by atoms with Crippen molar-refractivity contribution >= 4 is 34.5 Å². The molecule has 3 N–H and O–H groups in total. The molecule has 0 aliphatic carbocycles. The summed E-state index contributed by atoms with van der Waals surface area (Å²) >= 11 is 3.13. The largest absolute Gasteiger partial charge is 0.392 e. The maximum atomic E-state index is 9.41. The number of nitrogens with zero attached hydrogens (tertiary/aromatic N) is 2. The fourth-order valence-electron chi connectivity index (χ4n) is 2.58. The van der Waals surface area contributed by atoms with E-state index >= 15 is 0 Å². The fraction of sp³-hybridized carbons (Fsp3) is 0.263. The monoisotopic (exact) mass is 386 g/mol. The second-order valence-electron chi connectivity index (χ2n) is 5.72. The van der Waals surface area contributed by atoms with E-state index in [1.54, 1.807) is 11.3 Å². The van der Waals surface area contributed by atoms with Crippen LogP contribution in [0.3, 0.4) is 0 Å². The molecule has 4 rings (SSSR count). The normalized spacial score (nSPS) is 13.7. The number of aliphatic imine (C=N–C) groups is 1. The van der Waals surface area contributed by atoms with Crippen molar-refractivity contribution in [2.75, 3.05) is 19.8 Å². The van der Waals surface area contributed by atoms with Gasteiger partial charge < -0.3 is 15.7 Å². The Kier molecular flexibility index (Phi) is 7.04. The average molecular weight is 387 g/mol. The summed E-state index contributed by atoms with van der Waals surface area (Å²) in [6, 6.07) is 9.99. The summed E-state index contributed by atoms with van der Waals surface area (Å²) in [4.78, 5) is 9.36. The highest BCUT2D eigenvalue weighted by atomic mass is 32.1. The van der Waals surface area contributed by atoms with Crippen molar-refractivity contribution in [3.05, 3.63) is 46.7 Å². The van der Waals surface area contributed by atoms with E-state index in [2.05, 4.69) is 38.8 Å². The minimum atomic E-state index is 0.0463. The molecule has 0 amide bonds. The number of aliphatic hydroxyl groups excluding tert-OH is 1. The van der Waals surface area contributed by atoms with E-state index in [1.807, 2.05) is 29.6 Å². The second kappa shape index (κ2) is 9.70. The molecule has 0 radical (unpaired) electrons. The Hall–Kier alpha value is -1.90. The number of hydrogen-bond donors (Lipinski definition) is 3. The first kappa shape index (κ1) is 18.9. The maximum Gasteiger partial charge on any atom is 0.209 e. The van der Waals surface area contributed by atoms with Crippen LogP contribution in [0.5, 0.6) is 0 Å². The summed E-state index contributed by atoms with van der Waals surface area (Å²) in [7, 11) is 0. The van der Waals surface area contributed by atoms with Crippen molar-refractivity contribution in [3.63, 3.8) is 0 Å². The summed E-state index contributed by atoms with van der Waals surface area (Å²) in [5.41, 5.74) is 4.00. The third-order valence-corrected chi connectivity index (χ3v) is 5.67. The molecule has 5 nitrogen and oxygen atoms in total. The summed E-state index contributed by atoms with van der Waals surface area (Å²) < 4.78 is 0. The fourth-order valence-corrected chi connectivity index (χ4v) is 4.18. The minimum Gasteiger partial charge on any atom is -0.392 e. The maximum absolute atomic E-state index is 9.41. The summed E-state index contributed by atoms with van der Waals surface area (Å²) in [6.45, 7) is 6.91. The van der Waals surface area contributed by atoms with Crippen molar-refractivity contribution in [2.24, 2.45) is 4.99 Å². The van der Waals surface area contributed by atoms with E-state index in [0.717, 1.165) is 33.9 Å². The quantitative estimate of drug-likeness (QED) is 0.595. The standard InChI is InChI=1S/C15H12N2OS2.C4H10N2/c1-16-15-17-13(9-20-15)11-6-14(19-8-11)12-5-3-2-4-10(12)7-18;1-2-5-4-6-3-1/h2-6,8-9,18H,1,7H2;5-6H,1-4H2. The first-order valence-electron chi connectivity index (χ1n) is 8.43. The Labute approximate surface area is 161 Å². The number of rotatable bonds is 4. The lowest BCUT2D eigenvalue weighted by atomic mass is 10.1. The number of thiazole rings is 1. The lowest BCUT2D eigenvalue weighted by molar-refractivity contribution is 0.282. The Bertz CT molecular complexity index is 828. The van der Waals surface area contributed by atoms with Crippen molar-refractivity contribution in [3.8, 4) is 21.7 Å². The summed E-state index contributed by atoms with van der Waals surface area (Å²) in [5.74, 6) is 0. The SMILES string of the molecule is C1CNCNC1.C=Nc1nc(-c2csc(-c3ccccc3CO)c2)cs1. The predicted molar refractivity (Wildman–Crippen MR) is 111 cm³/mol.